The standard InChI is InChI=1S/C24H49N7O13/c25-1-2-31(40)24(39)30-12-3-10(26)20(19(38)21(12)44-23-18(37)16(28)17(36)15(8-33)42-23)43-22-11(27)4-13(35)14(41-22)6-29-5-9(34)7-32/h9-23,29,32-38,40H,1-8,25-28H2,(H,30,39)/t9?,10-,11+,12+,13-,14+,15+,16-,17+,18+,19-,20?,21-,22+,23+/m0/s1. The highest BCUT2D eigenvalue weighted by molar-refractivity contribution is 5.73. The molecule has 0 radical (unpaired) electrons. The summed E-state index contributed by atoms with van der Waals surface area (Å²) in [4.78, 5) is 12.6. The molecule has 2 aliphatic heterocycles. The van der Waals surface area contributed by atoms with Crippen molar-refractivity contribution in [3.05, 3.63) is 0 Å². The molecule has 2 unspecified atom stereocenters. The third-order valence-corrected chi connectivity index (χ3v) is 7.96. The summed E-state index contributed by atoms with van der Waals surface area (Å²) >= 11 is 0. The molecule has 20 heteroatoms. The lowest BCUT2D eigenvalue weighted by Crippen LogP contribution is -2.69. The Morgan fingerprint density at radius 2 is 1.59 bits per heavy atom. The Morgan fingerprint density at radius 3 is 2.23 bits per heavy atom. The SMILES string of the molecule is NCCN(O)C(=O)N[C@@H]1C[C@H](N)C(O[C@H]2O[C@H](CNCC(O)CO)[C@@H](O)C[C@H]2N)[C@H](O)[C@H]1O[C@H]1O[C@H](CO)[C@@H](O)[C@H](N)[C@H]1O. The van der Waals surface area contributed by atoms with E-state index in [0.29, 0.717) is 5.06 Å². The van der Waals surface area contributed by atoms with Gasteiger partial charge in [-0.2, -0.15) is 0 Å². The minimum Gasteiger partial charge on any atom is -0.394 e. The number of carbonyl (C=O) groups excluding carboxylic acids is 1. The van der Waals surface area contributed by atoms with Crippen LogP contribution in [0.5, 0.6) is 0 Å². The van der Waals surface area contributed by atoms with Crippen LogP contribution in [0.3, 0.4) is 0 Å². The van der Waals surface area contributed by atoms with Gasteiger partial charge in [-0.3, -0.25) is 5.21 Å². The summed E-state index contributed by atoms with van der Waals surface area (Å²) in [5.74, 6) is 0. The zero-order valence-electron chi connectivity index (χ0n) is 24.2. The van der Waals surface area contributed by atoms with Crippen LogP contribution < -0.4 is 33.6 Å². The van der Waals surface area contributed by atoms with Gasteiger partial charge in [0.1, 0.15) is 36.6 Å². The van der Waals surface area contributed by atoms with E-state index in [1.807, 2.05) is 0 Å². The van der Waals surface area contributed by atoms with Crippen molar-refractivity contribution in [1.82, 2.24) is 15.7 Å². The van der Waals surface area contributed by atoms with Gasteiger partial charge < -0.3 is 88.3 Å². The van der Waals surface area contributed by atoms with Crippen LogP contribution in [0.25, 0.3) is 0 Å². The largest absolute Gasteiger partial charge is 0.394 e. The molecule has 3 fully saturated rings. The number of aliphatic hydroxyl groups excluding tert-OH is 7. The zero-order chi connectivity index (χ0) is 32.7. The summed E-state index contributed by atoms with van der Waals surface area (Å²) < 4.78 is 23.3. The molecule has 2 saturated heterocycles. The lowest BCUT2D eigenvalue weighted by molar-refractivity contribution is -0.316. The monoisotopic (exact) mass is 643 g/mol. The molecule has 258 valence electrons. The first-order chi connectivity index (χ1) is 20.8. The van der Waals surface area contributed by atoms with Crippen LogP contribution in [0.1, 0.15) is 12.8 Å². The summed E-state index contributed by atoms with van der Waals surface area (Å²) in [6.45, 7) is -1.28. The van der Waals surface area contributed by atoms with Crippen LogP contribution in [0.4, 0.5) is 4.79 Å². The van der Waals surface area contributed by atoms with Crippen molar-refractivity contribution in [2.75, 3.05) is 39.4 Å². The van der Waals surface area contributed by atoms with E-state index >= 15 is 0 Å². The molecule has 0 aromatic rings. The maximum absolute atomic E-state index is 12.6. The molecule has 20 nitrogen and oxygen atoms in total. The van der Waals surface area contributed by atoms with Gasteiger partial charge in [0.25, 0.3) is 0 Å². The molecule has 3 rings (SSSR count). The normalized spacial score (nSPS) is 42.1. The maximum Gasteiger partial charge on any atom is 0.341 e. The van der Waals surface area contributed by atoms with Gasteiger partial charge in [-0.25, -0.2) is 9.86 Å². The fraction of sp³-hybridized carbons (Fsp3) is 0.958. The zero-order valence-corrected chi connectivity index (χ0v) is 24.2. The van der Waals surface area contributed by atoms with Crippen molar-refractivity contribution in [3.63, 3.8) is 0 Å². The topological polar surface area (TPSA) is 347 Å². The Bertz CT molecular complexity index is 884. The summed E-state index contributed by atoms with van der Waals surface area (Å²) in [5.41, 5.74) is 23.8. The number of ether oxygens (including phenoxy) is 4. The predicted molar refractivity (Wildman–Crippen MR) is 147 cm³/mol. The van der Waals surface area contributed by atoms with E-state index < -0.39 is 111 Å². The third-order valence-electron chi connectivity index (χ3n) is 7.96. The molecule has 0 aromatic heterocycles. The summed E-state index contributed by atoms with van der Waals surface area (Å²) in [5, 5.41) is 86.6. The molecule has 3 aliphatic rings. The molecule has 18 N–H and O–H groups in total. The quantitative estimate of drug-likeness (QED) is 0.0654. The minimum atomic E-state index is -1.64. The van der Waals surface area contributed by atoms with Crippen molar-refractivity contribution in [2.45, 2.75) is 105 Å². The Balaban J connectivity index is 1.79. The molecular formula is C24H49N7O13. The number of amides is 2. The molecule has 0 aromatic carbocycles. The molecule has 0 bridgehead atoms. The van der Waals surface area contributed by atoms with Crippen molar-refractivity contribution in [2.24, 2.45) is 22.9 Å². The van der Waals surface area contributed by atoms with E-state index in [4.69, 9.17) is 47.0 Å². The van der Waals surface area contributed by atoms with Crippen molar-refractivity contribution in [1.29, 1.82) is 0 Å². The first kappa shape index (κ1) is 37.1. The van der Waals surface area contributed by atoms with Gasteiger partial charge in [0.05, 0.1) is 56.2 Å². The molecular weight excluding hydrogens is 594 g/mol. The second-order valence-electron chi connectivity index (χ2n) is 11.3. The number of aliphatic hydroxyl groups is 7. The molecule has 1 aliphatic carbocycles. The number of hydrogen-bond donors (Lipinski definition) is 14. The number of hydroxylamine groups is 2. The van der Waals surface area contributed by atoms with E-state index in [1.54, 1.807) is 0 Å². The van der Waals surface area contributed by atoms with E-state index in [0.717, 1.165) is 0 Å². The van der Waals surface area contributed by atoms with Crippen LogP contribution in [0, 0.1) is 0 Å². The number of hydrogen-bond acceptors (Lipinski definition) is 18. The second kappa shape index (κ2) is 16.9. The smallest absolute Gasteiger partial charge is 0.341 e. The van der Waals surface area contributed by atoms with Crippen molar-refractivity contribution in [3.8, 4) is 0 Å². The molecule has 15 atom stereocenters. The Morgan fingerprint density at radius 1 is 0.932 bits per heavy atom. The first-order valence-corrected chi connectivity index (χ1v) is 14.5. The lowest BCUT2D eigenvalue weighted by atomic mass is 9.83. The molecule has 1 saturated carbocycles. The first-order valence-electron chi connectivity index (χ1n) is 14.5. The van der Waals surface area contributed by atoms with E-state index in [-0.39, 0.29) is 39.0 Å². The maximum atomic E-state index is 12.6. The number of nitrogens with one attached hydrogen (secondary N) is 2. The van der Waals surface area contributed by atoms with E-state index in [2.05, 4.69) is 10.6 Å². The fourth-order valence-electron chi connectivity index (χ4n) is 5.41. The number of nitrogens with two attached hydrogens (primary N) is 4. The van der Waals surface area contributed by atoms with E-state index in [9.17, 15) is 40.6 Å². The van der Waals surface area contributed by atoms with Crippen LogP contribution in [-0.2, 0) is 18.9 Å². The van der Waals surface area contributed by atoms with Crippen LogP contribution >= 0.6 is 0 Å². The highest BCUT2D eigenvalue weighted by Gasteiger charge is 2.51. The van der Waals surface area contributed by atoms with Crippen molar-refractivity contribution < 1.29 is 64.7 Å². The number of carbonyl (C=O) groups is 1. The molecule has 44 heavy (non-hydrogen) atoms. The highest BCUT2D eigenvalue weighted by atomic mass is 16.7. The minimum absolute atomic E-state index is 0.0302. The Hall–Kier alpha value is -1.41. The van der Waals surface area contributed by atoms with Crippen LogP contribution in [-0.4, -0.2) is 183 Å². The third kappa shape index (κ3) is 9.11. The van der Waals surface area contributed by atoms with Crippen LogP contribution in [0.2, 0.25) is 0 Å². The summed E-state index contributed by atoms with van der Waals surface area (Å²) in [6, 6.07) is -5.19. The van der Waals surface area contributed by atoms with Gasteiger partial charge >= 0.3 is 6.03 Å². The van der Waals surface area contributed by atoms with Gasteiger partial charge in [0, 0.05) is 25.7 Å². The Labute approximate surface area is 253 Å². The van der Waals surface area contributed by atoms with Gasteiger partial charge in [-0.05, 0) is 12.8 Å². The van der Waals surface area contributed by atoms with Crippen LogP contribution in [0.15, 0.2) is 0 Å². The van der Waals surface area contributed by atoms with E-state index in [1.165, 1.54) is 0 Å². The molecule has 2 amide bonds. The van der Waals surface area contributed by atoms with Gasteiger partial charge in [-0.15, -0.1) is 0 Å². The average Bonchev–Trinajstić information content (AvgIpc) is 2.98. The number of nitrogens with zero attached hydrogens (tertiary/aromatic N) is 1. The number of rotatable bonds is 13. The summed E-state index contributed by atoms with van der Waals surface area (Å²) in [7, 11) is 0. The fourth-order valence-corrected chi connectivity index (χ4v) is 5.41. The summed E-state index contributed by atoms with van der Waals surface area (Å²) in [6.07, 6.45) is -14.2. The van der Waals surface area contributed by atoms with Gasteiger partial charge in [0.2, 0.25) is 0 Å². The molecule has 2 heterocycles. The highest BCUT2D eigenvalue weighted by Crippen LogP contribution is 2.31. The average molecular weight is 644 g/mol. The predicted octanol–water partition coefficient (Wildman–Crippen LogP) is -7.91. The van der Waals surface area contributed by atoms with Gasteiger partial charge in [0.15, 0.2) is 12.6 Å². The second-order valence-corrected chi connectivity index (χ2v) is 11.3. The Kier molecular flexibility index (Phi) is 14.3. The van der Waals surface area contributed by atoms with Crippen molar-refractivity contribution >= 4 is 6.03 Å². The number of urea groups is 1. The lowest BCUT2D eigenvalue weighted by Gasteiger charge is -2.48. The van der Waals surface area contributed by atoms with Gasteiger partial charge in [-0.1, -0.05) is 0 Å². The molecule has 0 spiro atoms.